The lowest BCUT2D eigenvalue weighted by molar-refractivity contribution is -0.137. The van der Waals surface area contributed by atoms with Crippen LogP contribution in [0.4, 0.5) is 18.9 Å². The average Bonchev–Trinajstić information content (AvgIpc) is 2.41. The summed E-state index contributed by atoms with van der Waals surface area (Å²) in [7, 11) is -1.57. The molecule has 1 unspecified atom stereocenters. The molecule has 0 radical (unpaired) electrons. The SMILES string of the molecule is Nc1ccc(Cl)cc1S(=O)Cc1cccc(C(F)(F)F)c1. The van der Waals surface area contributed by atoms with Crippen LogP contribution in [-0.4, -0.2) is 4.21 Å². The first kappa shape index (κ1) is 15.9. The van der Waals surface area contributed by atoms with E-state index >= 15 is 0 Å². The van der Waals surface area contributed by atoms with E-state index < -0.39 is 22.5 Å². The topological polar surface area (TPSA) is 43.1 Å². The van der Waals surface area contributed by atoms with Gasteiger partial charge in [-0.2, -0.15) is 13.2 Å². The smallest absolute Gasteiger partial charge is 0.398 e. The second-order valence-corrected chi connectivity index (χ2v) is 6.23. The zero-order chi connectivity index (χ0) is 15.6. The molecule has 0 aliphatic carbocycles. The van der Waals surface area contributed by atoms with Crippen LogP contribution < -0.4 is 5.73 Å². The Morgan fingerprint density at radius 2 is 1.86 bits per heavy atom. The van der Waals surface area contributed by atoms with E-state index in [1.54, 1.807) is 6.07 Å². The van der Waals surface area contributed by atoms with Crippen LogP contribution in [-0.2, 0) is 22.7 Å². The van der Waals surface area contributed by atoms with Gasteiger partial charge < -0.3 is 5.73 Å². The summed E-state index contributed by atoms with van der Waals surface area (Å²) in [5, 5.41) is 0.372. The average molecular weight is 334 g/mol. The minimum atomic E-state index is -4.42. The maximum absolute atomic E-state index is 12.6. The molecule has 0 aromatic heterocycles. The number of rotatable bonds is 3. The number of halogens is 4. The van der Waals surface area contributed by atoms with Gasteiger partial charge in [-0.05, 0) is 29.8 Å². The Kier molecular flexibility index (Phi) is 4.58. The molecule has 0 aliphatic rings. The molecule has 0 amide bonds. The van der Waals surface area contributed by atoms with E-state index in [1.165, 1.54) is 24.3 Å². The van der Waals surface area contributed by atoms with Crippen molar-refractivity contribution in [2.24, 2.45) is 0 Å². The Morgan fingerprint density at radius 1 is 1.14 bits per heavy atom. The zero-order valence-electron chi connectivity index (χ0n) is 10.7. The lowest BCUT2D eigenvalue weighted by atomic mass is 10.1. The summed E-state index contributed by atoms with van der Waals surface area (Å²) in [5.41, 5.74) is 5.56. The van der Waals surface area contributed by atoms with E-state index in [1.807, 2.05) is 0 Å². The molecule has 2 rings (SSSR count). The molecule has 1 atom stereocenters. The fraction of sp³-hybridized carbons (Fsp3) is 0.143. The highest BCUT2D eigenvalue weighted by Gasteiger charge is 2.30. The largest absolute Gasteiger partial charge is 0.416 e. The van der Waals surface area contributed by atoms with Crippen LogP contribution in [0, 0.1) is 0 Å². The molecule has 21 heavy (non-hydrogen) atoms. The van der Waals surface area contributed by atoms with E-state index in [9.17, 15) is 17.4 Å². The Labute approximate surface area is 127 Å². The standard InChI is InChI=1S/C14H11ClF3NOS/c15-11-4-5-12(19)13(7-11)21(20)8-9-2-1-3-10(6-9)14(16,17)18/h1-7H,8,19H2. The summed E-state index contributed by atoms with van der Waals surface area (Å²) in [6, 6.07) is 9.27. The van der Waals surface area contributed by atoms with Gasteiger partial charge in [-0.3, -0.25) is 4.21 Å². The molecule has 2 aromatic rings. The molecule has 0 saturated carbocycles. The number of anilines is 1. The van der Waals surface area contributed by atoms with E-state index in [0.717, 1.165) is 12.1 Å². The van der Waals surface area contributed by atoms with Crippen molar-refractivity contribution in [2.75, 3.05) is 5.73 Å². The lowest BCUT2D eigenvalue weighted by Gasteiger charge is -2.10. The maximum atomic E-state index is 12.6. The summed E-state index contributed by atoms with van der Waals surface area (Å²) in [6.45, 7) is 0. The third-order valence-electron chi connectivity index (χ3n) is 2.77. The molecule has 2 nitrogen and oxygen atoms in total. The molecule has 2 aromatic carbocycles. The van der Waals surface area contributed by atoms with Crippen molar-refractivity contribution >= 4 is 28.1 Å². The minimum Gasteiger partial charge on any atom is -0.398 e. The first-order valence-corrected chi connectivity index (χ1v) is 7.56. The van der Waals surface area contributed by atoms with Crippen LogP contribution in [0.1, 0.15) is 11.1 Å². The molecule has 112 valence electrons. The van der Waals surface area contributed by atoms with Crippen LogP contribution in [0.3, 0.4) is 0 Å². The van der Waals surface area contributed by atoms with Crippen molar-refractivity contribution in [1.29, 1.82) is 0 Å². The van der Waals surface area contributed by atoms with Gasteiger partial charge in [0.05, 0.1) is 27.0 Å². The van der Waals surface area contributed by atoms with E-state index in [-0.39, 0.29) is 5.75 Å². The minimum absolute atomic E-state index is 0.0610. The molecular formula is C14H11ClF3NOS. The zero-order valence-corrected chi connectivity index (χ0v) is 12.2. The van der Waals surface area contributed by atoms with E-state index in [2.05, 4.69) is 0 Å². The molecule has 0 saturated heterocycles. The third kappa shape index (κ3) is 3.98. The van der Waals surface area contributed by atoms with Gasteiger partial charge in [-0.25, -0.2) is 0 Å². The van der Waals surface area contributed by atoms with Crippen molar-refractivity contribution in [1.82, 2.24) is 0 Å². The fourth-order valence-electron chi connectivity index (χ4n) is 1.77. The number of hydrogen-bond donors (Lipinski definition) is 1. The van der Waals surface area contributed by atoms with Gasteiger partial charge in [-0.1, -0.05) is 29.8 Å². The molecule has 0 fully saturated rings. The highest BCUT2D eigenvalue weighted by Crippen LogP contribution is 2.30. The second kappa shape index (κ2) is 6.07. The highest BCUT2D eigenvalue weighted by atomic mass is 35.5. The van der Waals surface area contributed by atoms with Crippen LogP contribution >= 0.6 is 11.6 Å². The van der Waals surface area contributed by atoms with Gasteiger partial charge in [0, 0.05) is 10.7 Å². The number of nitrogen functional groups attached to an aromatic ring is 1. The van der Waals surface area contributed by atoms with Crippen LogP contribution in [0.2, 0.25) is 5.02 Å². The summed E-state index contributed by atoms with van der Waals surface area (Å²) in [6.07, 6.45) is -4.42. The maximum Gasteiger partial charge on any atom is 0.416 e. The predicted molar refractivity (Wildman–Crippen MR) is 77.4 cm³/mol. The molecule has 2 N–H and O–H groups in total. The summed E-state index contributed by atoms with van der Waals surface area (Å²) in [4.78, 5) is 0.319. The predicted octanol–water partition coefficient (Wildman–Crippen LogP) is 4.25. The van der Waals surface area contributed by atoms with Crippen molar-refractivity contribution in [3.63, 3.8) is 0 Å². The first-order valence-electron chi connectivity index (χ1n) is 5.87. The van der Waals surface area contributed by atoms with Gasteiger partial charge in [0.15, 0.2) is 0 Å². The molecule has 0 aliphatic heterocycles. The number of hydrogen-bond acceptors (Lipinski definition) is 2. The van der Waals surface area contributed by atoms with Crippen molar-refractivity contribution < 1.29 is 17.4 Å². The Hall–Kier alpha value is -1.53. The van der Waals surface area contributed by atoms with Crippen LogP contribution in [0.25, 0.3) is 0 Å². The summed E-state index contributed by atoms with van der Waals surface area (Å²) >= 11 is 5.81. The van der Waals surface area contributed by atoms with Gasteiger partial charge in [0.25, 0.3) is 0 Å². The van der Waals surface area contributed by atoms with Crippen molar-refractivity contribution in [2.45, 2.75) is 16.8 Å². The summed E-state index contributed by atoms with van der Waals surface area (Å²) in [5.74, 6) is -0.0610. The van der Waals surface area contributed by atoms with E-state index in [4.69, 9.17) is 17.3 Å². The van der Waals surface area contributed by atoms with Crippen LogP contribution in [0.5, 0.6) is 0 Å². The molecular weight excluding hydrogens is 323 g/mol. The monoisotopic (exact) mass is 333 g/mol. The van der Waals surface area contributed by atoms with Gasteiger partial charge in [-0.15, -0.1) is 0 Å². The Morgan fingerprint density at radius 3 is 2.52 bits per heavy atom. The normalized spacial score (nSPS) is 13.1. The van der Waals surface area contributed by atoms with Crippen LogP contribution in [0.15, 0.2) is 47.4 Å². The van der Waals surface area contributed by atoms with Crippen molar-refractivity contribution in [3.8, 4) is 0 Å². The Balaban J connectivity index is 2.26. The van der Waals surface area contributed by atoms with Gasteiger partial charge >= 0.3 is 6.18 Å². The molecule has 0 bridgehead atoms. The summed E-state index contributed by atoms with van der Waals surface area (Å²) < 4.78 is 50.1. The molecule has 0 heterocycles. The second-order valence-electron chi connectivity index (χ2n) is 4.37. The Bertz CT molecular complexity index is 688. The fourth-order valence-corrected chi connectivity index (χ4v) is 3.24. The number of nitrogens with two attached hydrogens (primary N) is 1. The molecule has 7 heteroatoms. The first-order chi connectivity index (χ1) is 9.77. The van der Waals surface area contributed by atoms with Gasteiger partial charge in [0.1, 0.15) is 0 Å². The number of alkyl halides is 3. The molecule has 0 spiro atoms. The van der Waals surface area contributed by atoms with Crippen molar-refractivity contribution in [3.05, 3.63) is 58.6 Å². The quantitative estimate of drug-likeness (QED) is 0.853. The highest BCUT2D eigenvalue weighted by molar-refractivity contribution is 7.84. The van der Waals surface area contributed by atoms with Gasteiger partial charge in [0.2, 0.25) is 0 Å². The third-order valence-corrected chi connectivity index (χ3v) is 4.45. The lowest BCUT2D eigenvalue weighted by Crippen LogP contribution is -2.06. The van der Waals surface area contributed by atoms with E-state index in [0.29, 0.717) is 21.2 Å². The number of benzene rings is 2.